The number of oxazole rings is 1. The van der Waals surface area contributed by atoms with Gasteiger partial charge in [0.05, 0.1) is 6.04 Å². The fourth-order valence-electron chi connectivity index (χ4n) is 1.58. The van der Waals surface area contributed by atoms with Crippen molar-refractivity contribution in [2.45, 2.75) is 19.9 Å². The van der Waals surface area contributed by atoms with E-state index in [1.807, 2.05) is 6.92 Å². The molecule has 1 unspecified atom stereocenters. The first-order chi connectivity index (χ1) is 7.61. The highest BCUT2D eigenvalue weighted by Gasteiger charge is 2.14. The molecule has 0 fully saturated rings. The highest BCUT2D eigenvalue weighted by Crippen LogP contribution is 2.17. The summed E-state index contributed by atoms with van der Waals surface area (Å²) in [6.45, 7) is 3.62. The van der Waals surface area contributed by atoms with Gasteiger partial charge in [0.25, 0.3) is 0 Å². The second-order valence-electron chi connectivity index (χ2n) is 3.79. The van der Waals surface area contributed by atoms with Gasteiger partial charge in [-0.2, -0.15) is 0 Å². The Bertz CT molecular complexity index is 531. The Morgan fingerprint density at radius 2 is 2.25 bits per heavy atom. The lowest BCUT2D eigenvalue weighted by Gasteiger charge is -2.08. The summed E-state index contributed by atoms with van der Waals surface area (Å²) in [5.41, 5.74) is 2.10. The van der Waals surface area contributed by atoms with Gasteiger partial charge in [-0.3, -0.25) is 4.79 Å². The molecule has 84 valence electrons. The zero-order valence-corrected chi connectivity index (χ0v) is 9.57. The molecule has 0 amide bonds. The van der Waals surface area contributed by atoms with Gasteiger partial charge in [-0.25, -0.2) is 4.98 Å². The zero-order chi connectivity index (χ0) is 11.7. The number of ketones is 1. The van der Waals surface area contributed by atoms with Gasteiger partial charge in [-0.1, -0.05) is 0 Å². The van der Waals surface area contributed by atoms with Crippen molar-refractivity contribution < 1.29 is 9.21 Å². The minimum atomic E-state index is -0.189. The minimum absolute atomic E-state index is 0.0602. The summed E-state index contributed by atoms with van der Waals surface area (Å²) in [4.78, 5) is 16.1. The normalized spacial score (nSPS) is 12.9. The largest absolute Gasteiger partial charge is 0.441 e. The van der Waals surface area contributed by atoms with Crippen molar-refractivity contribution in [3.8, 4) is 0 Å². The smallest absolute Gasteiger partial charge is 0.192 e. The molecular weight excluding hydrogens is 204 g/mol. The first-order valence-corrected chi connectivity index (χ1v) is 5.20. The fourth-order valence-corrected chi connectivity index (χ4v) is 1.58. The first kappa shape index (κ1) is 10.8. The molecule has 0 saturated carbocycles. The van der Waals surface area contributed by atoms with Crippen molar-refractivity contribution >= 4 is 16.9 Å². The summed E-state index contributed by atoms with van der Waals surface area (Å²) in [7, 11) is 1.77. The number of carbonyl (C=O) groups is 1. The Hall–Kier alpha value is -1.68. The lowest BCUT2D eigenvalue weighted by molar-refractivity contribution is 0.0955. The molecule has 0 bridgehead atoms. The molecule has 1 atom stereocenters. The number of likely N-dealkylation sites (N-methyl/N-ethyl adjacent to an activating group) is 1. The highest BCUT2D eigenvalue weighted by molar-refractivity contribution is 6.01. The molecule has 1 aromatic heterocycles. The number of carbonyl (C=O) groups excluding carboxylic acids is 1. The number of hydrogen-bond donors (Lipinski definition) is 1. The summed E-state index contributed by atoms with van der Waals surface area (Å²) < 4.78 is 5.35. The number of aryl methyl sites for hydroxylation is 1. The van der Waals surface area contributed by atoms with Crippen molar-refractivity contribution in [2.75, 3.05) is 7.05 Å². The zero-order valence-electron chi connectivity index (χ0n) is 9.57. The lowest BCUT2D eigenvalue weighted by Crippen LogP contribution is -2.30. The van der Waals surface area contributed by atoms with E-state index in [1.165, 1.54) is 0 Å². The molecule has 0 aliphatic carbocycles. The van der Waals surface area contributed by atoms with Crippen LogP contribution in [0.5, 0.6) is 0 Å². The lowest BCUT2D eigenvalue weighted by atomic mass is 10.1. The van der Waals surface area contributed by atoms with Crippen molar-refractivity contribution in [1.29, 1.82) is 0 Å². The highest BCUT2D eigenvalue weighted by atomic mass is 16.3. The van der Waals surface area contributed by atoms with Crippen molar-refractivity contribution in [2.24, 2.45) is 0 Å². The predicted octanol–water partition coefficient (Wildman–Crippen LogP) is 1.93. The van der Waals surface area contributed by atoms with E-state index in [-0.39, 0.29) is 11.8 Å². The number of rotatable bonds is 3. The second-order valence-corrected chi connectivity index (χ2v) is 3.79. The molecule has 0 aliphatic heterocycles. The Morgan fingerprint density at radius 3 is 2.94 bits per heavy atom. The molecule has 0 aliphatic rings. The van der Waals surface area contributed by atoms with Gasteiger partial charge >= 0.3 is 0 Å². The first-order valence-electron chi connectivity index (χ1n) is 5.20. The molecule has 1 N–H and O–H groups in total. The average Bonchev–Trinajstić information content (AvgIpc) is 2.65. The third-order valence-corrected chi connectivity index (χ3v) is 2.61. The van der Waals surface area contributed by atoms with Crippen LogP contribution >= 0.6 is 0 Å². The number of nitrogens with zero attached hydrogens (tertiary/aromatic N) is 1. The van der Waals surface area contributed by atoms with Gasteiger partial charge in [0.2, 0.25) is 0 Å². The van der Waals surface area contributed by atoms with Crippen LogP contribution in [0.4, 0.5) is 0 Å². The van der Waals surface area contributed by atoms with Crippen molar-refractivity contribution in [3.63, 3.8) is 0 Å². The number of Topliss-reactive ketones (excluding diaryl/α,β-unsaturated/α-hetero) is 1. The Kier molecular flexibility index (Phi) is 2.75. The molecule has 4 nitrogen and oxygen atoms in total. The van der Waals surface area contributed by atoms with Crippen LogP contribution in [0.2, 0.25) is 0 Å². The summed E-state index contributed by atoms with van der Waals surface area (Å²) in [6, 6.07) is 5.13. The summed E-state index contributed by atoms with van der Waals surface area (Å²) in [5, 5.41) is 2.92. The predicted molar refractivity (Wildman–Crippen MR) is 61.6 cm³/mol. The SMILES string of the molecule is CNC(C)C(=O)c1ccc2oc(C)nc2c1. The molecular formula is C12H14N2O2. The molecule has 0 saturated heterocycles. The van der Waals surface area contributed by atoms with Crippen LogP contribution in [-0.4, -0.2) is 23.9 Å². The van der Waals surface area contributed by atoms with Gasteiger partial charge in [0, 0.05) is 12.5 Å². The fraction of sp³-hybridized carbons (Fsp3) is 0.333. The van der Waals surface area contributed by atoms with E-state index >= 15 is 0 Å². The Morgan fingerprint density at radius 1 is 1.50 bits per heavy atom. The molecule has 4 heteroatoms. The monoisotopic (exact) mass is 218 g/mol. The van der Waals surface area contributed by atoms with E-state index in [9.17, 15) is 4.79 Å². The maximum atomic E-state index is 11.9. The molecule has 2 rings (SSSR count). The maximum Gasteiger partial charge on any atom is 0.192 e. The minimum Gasteiger partial charge on any atom is -0.441 e. The number of fused-ring (bicyclic) bond motifs is 1. The van der Waals surface area contributed by atoms with E-state index in [0.717, 1.165) is 5.52 Å². The van der Waals surface area contributed by atoms with Crippen LogP contribution in [-0.2, 0) is 0 Å². The third kappa shape index (κ3) is 1.84. The van der Waals surface area contributed by atoms with Crippen molar-refractivity contribution in [1.82, 2.24) is 10.3 Å². The quantitative estimate of drug-likeness (QED) is 0.800. The molecule has 0 spiro atoms. The van der Waals surface area contributed by atoms with E-state index in [2.05, 4.69) is 10.3 Å². The van der Waals surface area contributed by atoms with Crippen LogP contribution in [0.25, 0.3) is 11.1 Å². The number of aromatic nitrogens is 1. The topological polar surface area (TPSA) is 55.1 Å². The molecule has 1 heterocycles. The standard InChI is InChI=1S/C12H14N2O2/c1-7(13-3)12(15)9-4-5-11-10(6-9)14-8(2)16-11/h4-7,13H,1-3H3. The second kappa shape index (κ2) is 4.06. The third-order valence-electron chi connectivity index (χ3n) is 2.61. The number of benzene rings is 1. The van der Waals surface area contributed by atoms with Gasteiger partial charge in [0.1, 0.15) is 5.52 Å². The Labute approximate surface area is 93.7 Å². The van der Waals surface area contributed by atoms with E-state index in [0.29, 0.717) is 17.0 Å². The van der Waals surface area contributed by atoms with Gasteiger partial charge in [-0.05, 0) is 32.2 Å². The number of nitrogens with one attached hydrogen (secondary N) is 1. The molecule has 1 aromatic carbocycles. The number of hydrogen-bond acceptors (Lipinski definition) is 4. The van der Waals surface area contributed by atoms with Gasteiger partial charge in [0.15, 0.2) is 17.3 Å². The molecule has 16 heavy (non-hydrogen) atoms. The summed E-state index contributed by atoms with van der Waals surface area (Å²) in [5.74, 6) is 0.673. The summed E-state index contributed by atoms with van der Waals surface area (Å²) in [6.07, 6.45) is 0. The van der Waals surface area contributed by atoms with Gasteiger partial charge < -0.3 is 9.73 Å². The Balaban J connectivity index is 2.42. The van der Waals surface area contributed by atoms with E-state index in [4.69, 9.17) is 4.42 Å². The van der Waals surface area contributed by atoms with E-state index in [1.54, 1.807) is 32.2 Å². The average molecular weight is 218 g/mol. The van der Waals surface area contributed by atoms with E-state index < -0.39 is 0 Å². The van der Waals surface area contributed by atoms with Crippen LogP contribution in [0.1, 0.15) is 23.2 Å². The van der Waals surface area contributed by atoms with Crippen molar-refractivity contribution in [3.05, 3.63) is 29.7 Å². The summed E-state index contributed by atoms with van der Waals surface area (Å²) >= 11 is 0. The van der Waals surface area contributed by atoms with Crippen LogP contribution in [0.3, 0.4) is 0 Å². The van der Waals surface area contributed by atoms with Crippen LogP contribution in [0.15, 0.2) is 22.6 Å². The maximum absolute atomic E-state index is 11.9. The molecule has 2 aromatic rings. The van der Waals surface area contributed by atoms with Crippen LogP contribution in [0, 0.1) is 6.92 Å². The van der Waals surface area contributed by atoms with Gasteiger partial charge in [-0.15, -0.1) is 0 Å². The van der Waals surface area contributed by atoms with Crippen LogP contribution < -0.4 is 5.32 Å². The molecule has 0 radical (unpaired) electrons.